The monoisotopic (exact) mass is 482 g/mol. The van der Waals surface area contributed by atoms with Gasteiger partial charge >= 0.3 is 0 Å². The smallest absolute Gasteiger partial charge is 0.273 e. The van der Waals surface area contributed by atoms with E-state index in [1.165, 1.54) is 0 Å². The summed E-state index contributed by atoms with van der Waals surface area (Å²) in [5, 5.41) is 8.25. The third-order valence-corrected chi connectivity index (χ3v) is 6.36. The summed E-state index contributed by atoms with van der Waals surface area (Å²) in [5.41, 5.74) is 0.603. The molecule has 2 aromatic rings. The number of benzene rings is 1. The van der Waals surface area contributed by atoms with Crippen molar-refractivity contribution in [3.8, 4) is 17.1 Å². The van der Waals surface area contributed by atoms with Crippen LogP contribution in [0.25, 0.3) is 11.4 Å². The number of nitrogens with one attached hydrogen (secondary N) is 1. The first-order valence-electron chi connectivity index (χ1n) is 12.4. The number of aryl methyl sites for hydroxylation is 1. The summed E-state index contributed by atoms with van der Waals surface area (Å²) in [4.78, 5) is 46.2. The molecule has 0 unspecified atom stereocenters. The SMILES string of the molecule is CC(C)Oc1cccc(-c2nnc(CCC(=O)N3CCN(CC(=O)N4CCCC4)CC3)c(=O)[nH]2)c1. The first-order valence-corrected chi connectivity index (χ1v) is 12.4. The Kier molecular flexibility index (Phi) is 8.12. The quantitative estimate of drug-likeness (QED) is 0.604. The van der Waals surface area contributed by atoms with Crippen LogP contribution in [-0.2, 0) is 16.0 Å². The normalized spacial score (nSPS) is 16.7. The number of carbonyl (C=O) groups excluding carboxylic acids is 2. The maximum atomic E-state index is 12.7. The van der Waals surface area contributed by atoms with Gasteiger partial charge in [-0.3, -0.25) is 19.3 Å². The summed E-state index contributed by atoms with van der Waals surface area (Å²) in [6, 6.07) is 7.32. The predicted octanol–water partition coefficient (Wildman–Crippen LogP) is 1.32. The topological polar surface area (TPSA) is 112 Å². The average Bonchev–Trinajstić information content (AvgIpc) is 3.39. The van der Waals surface area contributed by atoms with Gasteiger partial charge in [0.2, 0.25) is 11.8 Å². The number of hydrogen-bond donors (Lipinski definition) is 1. The van der Waals surface area contributed by atoms with Crippen molar-refractivity contribution in [1.29, 1.82) is 0 Å². The van der Waals surface area contributed by atoms with Crippen LogP contribution < -0.4 is 10.3 Å². The molecule has 1 N–H and O–H groups in total. The largest absolute Gasteiger partial charge is 0.491 e. The van der Waals surface area contributed by atoms with Crippen LogP contribution >= 0.6 is 0 Å². The highest BCUT2D eigenvalue weighted by atomic mass is 16.5. The van der Waals surface area contributed by atoms with E-state index in [1.807, 2.05) is 43.0 Å². The van der Waals surface area contributed by atoms with Gasteiger partial charge in [0, 0.05) is 57.7 Å². The number of rotatable bonds is 8. The van der Waals surface area contributed by atoms with E-state index in [1.54, 1.807) is 4.90 Å². The number of ether oxygens (including phenoxy) is 1. The lowest BCUT2D eigenvalue weighted by atomic mass is 10.2. The lowest BCUT2D eigenvalue weighted by molar-refractivity contribution is -0.134. The number of aromatic amines is 1. The minimum atomic E-state index is -0.344. The van der Waals surface area contributed by atoms with E-state index in [-0.39, 0.29) is 42.0 Å². The molecule has 1 aromatic heterocycles. The Hall–Kier alpha value is -3.27. The first kappa shape index (κ1) is 24.8. The fourth-order valence-electron chi connectivity index (χ4n) is 4.44. The van der Waals surface area contributed by atoms with E-state index in [4.69, 9.17) is 4.74 Å². The Balaban J connectivity index is 1.26. The second-order valence-corrected chi connectivity index (χ2v) is 9.39. The van der Waals surface area contributed by atoms with Crippen LogP contribution in [0.5, 0.6) is 5.75 Å². The highest BCUT2D eigenvalue weighted by molar-refractivity contribution is 5.79. The molecule has 2 fully saturated rings. The van der Waals surface area contributed by atoms with Crippen molar-refractivity contribution in [2.75, 3.05) is 45.8 Å². The van der Waals surface area contributed by atoms with Crippen LogP contribution in [0.1, 0.15) is 38.8 Å². The van der Waals surface area contributed by atoms with E-state index in [9.17, 15) is 14.4 Å². The van der Waals surface area contributed by atoms with E-state index in [0.717, 1.165) is 25.9 Å². The fourth-order valence-corrected chi connectivity index (χ4v) is 4.44. The first-order chi connectivity index (χ1) is 16.9. The summed E-state index contributed by atoms with van der Waals surface area (Å²) in [5.74, 6) is 1.22. The van der Waals surface area contributed by atoms with Crippen molar-refractivity contribution in [3.63, 3.8) is 0 Å². The molecule has 2 aliphatic heterocycles. The number of H-pyrrole nitrogens is 1. The zero-order valence-electron chi connectivity index (χ0n) is 20.5. The van der Waals surface area contributed by atoms with Gasteiger partial charge in [-0.15, -0.1) is 10.2 Å². The van der Waals surface area contributed by atoms with E-state index < -0.39 is 0 Å². The Morgan fingerprint density at radius 1 is 1.00 bits per heavy atom. The number of hydrogen-bond acceptors (Lipinski definition) is 7. The molecule has 4 rings (SSSR count). The highest BCUT2D eigenvalue weighted by Crippen LogP contribution is 2.21. The van der Waals surface area contributed by atoms with Crippen molar-refractivity contribution < 1.29 is 14.3 Å². The molecule has 0 atom stereocenters. The van der Waals surface area contributed by atoms with Gasteiger partial charge in [-0.05, 0) is 38.8 Å². The van der Waals surface area contributed by atoms with Crippen LogP contribution in [0.3, 0.4) is 0 Å². The molecular weight excluding hydrogens is 448 g/mol. The molecule has 0 bridgehead atoms. The summed E-state index contributed by atoms with van der Waals surface area (Å²) < 4.78 is 5.70. The van der Waals surface area contributed by atoms with Crippen molar-refractivity contribution in [3.05, 3.63) is 40.3 Å². The zero-order valence-corrected chi connectivity index (χ0v) is 20.5. The Labute approximate surface area is 205 Å². The van der Waals surface area contributed by atoms with Gasteiger partial charge in [0.15, 0.2) is 5.82 Å². The summed E-state index contributed by atoms with van der Waals surface area (Å²) in [6.07, 6.45) is 2.64. The van der Waals surface area contributed by atoms with Crippen LogP contribution in [0.2, 0.25) is 0 Å². The lowest BCUT2D eigenvalue weighted by Gasteiger charge is -2.35. The molecular formula is C25H34N6O4. The summed E-state index contributed by atoms with van der Waals surface area (Å²) >= 11 is 0. The van der Waals surface area contributed by atoms with Crippen molar-refractivity contribution >= 4 is 11.8 Å². The summed E-state index contributed by atoms with van der Waals surface area (Å²) in [6.45, 7) is 8.57. The second kappa shape index (κ2) is 11.4. The van der Waals surface area contributed by atoms with Crippen molar-refractivity contribution in [2.45, 2.75) is 45.6 Å². The maximum Gasteiger partial charge on any atom is 0.273 e. The van der Waals surface area contributed by atoms with Gasteiger partial charge in [-0.2, -0.15) is 0 Å². The molecule has 0 radical (unpaired) electrons. The Morgan fingerprint density at radius 3 is 2.40 bits per heavy atom. The Bertz CT molecular complexity index is 1090. The van der Waals surface area contributed by atoms with E-state index in [2.05, 4.69) is 20.1 Å². The molecule has 2 aliphatic rings. The van der Waals surface area contributed by atoms with Crippen molar-refractivity contribution in [2.24, 2.45) is 0 Å². The minimum absolute atomic E-state index is 0.0145. The lowest BCUT2D eigenvalue weighted by Crippen LogP contribution is -2.51. The average molecular weight is 483 g/mol. The standard InChI is InChI=1S/C25H34N6O4/c1-18(2)35-20-7-5-6-19(16-20)24-26-25(34)21(27-28-24)8-9-22(32)31-14-12-29(13-15-31)17-23(33)30-10-3-4-11-30/h5-7,16,18H,3-4,8-15,17H2,1-2H3,(H,26,28,34). The van der Waals surface area contributed by atoms with Crippen LogP contribution in [-0.4, -0.2) is 93.6 Å². The molecule has 188 valence electrons. The number of nitrogens with zero attached hydrogens (tertiary/aromatic N) is 5. The van der Waals surface area contributed by atoms with Gasteiger partial charge in [0.25, 0.3) is 5.56 Å². The third-order valence-electron chi connectivity index (χ3n) is 6.36. The fraction of sp³-hybridized carbons (Fsp3) is 0.560. The van der Waals surface area contributed by atoms with E-state index in [0.29, 0.717) is 49.9 Å². The Morgan fingerprint density at radius 2 is 1.71 bits per heavy atom. The number of carbonyl (C=O) groups is 2. The molecule has 35 heavy (non-hydrogen) atoms. The molecule has 10 nitrogen and oxygen atoms in total. The molecule has 0 aliphatic carbocycles. The number of amides is 2. The highest BCUT2D eigenvalue weighted by Gasteiger charge is 2.25. The molecule has 0 spiro atoms. The maximum absolute atomic E-state index is 12.7. The van der Waals surface area contributed by atoms with Crippen LogP contribution in [0, 0.1) is 0 Å². The molecule has 3 heterocycles. The van der Waals surface area contributed by atoms with Gasteiger partial charge in [0.05, 0.1) is 12.6 Å². The number of aromatic nitrogens is 3. The van der Waals surface area contributed by atoms with Crippen molar-refractivity contribution in [1.82, 2.24) is 29.9 Å². The predicted molar refractivity (Wildman–Crippen MR) is 131 cm³/mol. The van der Waals surface area contributed by atoms with E-state index >= 15 is 0 Å². The summed E-state index contributed by atoms with van der Waals surface area (Å²) in [7, 11) is 0. The molecule has 0 saturated carbocycles. The molecule has 1 aromatic carbocycles. The molecule has 2 saturated heterocycles. The number of piperazine rings is 1. The molecule has 10 heteroatoms. The van der Waals surface area contributed by atoms with Gasteiger partial charge in [-0.1, -0.05) is 12.1 Å². The van der Waals surface area contributed by atoms with Gasteiger partial charge in [-0.25, -0.2) is 0 Å². The minimum Gasteiger partial charge on any atom is -0.491 e. The van der Waals surface area contributed by atoms with Gasteiger partial charge in [0.1, 0.15) is 11.4 Å². The zero-order chi connectivity index (χ0) is 24.8. The second-order valence-electron chi connectivity index (χ2n) is 9.39. The van der Waals surface area contributed by atoms with Gasteiger partial charge < -0.3 is 19.5 Å². The van der Waals surface area contributed by atoms with Crippen LogP contribution in [0.4, 0.5) is 0 Å². The third kappa shape index (κ3) is 6.66. The van der Waals surface area contributed by atoms with Crippen LogP contribution in [0.15, 0.2) is 29.1 Å². The number of likely N-dealkylation sites (tertiary alicyclic amines) is 1. The molecule has 2 amide bonds.